The van der Waals surface area contributed by atoms with Gasteiger partial charge in [0.1, 0.15) is 19.3 Å². The van der Waals surface area contributed by atoms with Crippen molar-refractivity contribution in [1.82, 2.24) is 0 Å². The first-order chi connectivity index (χ1) is 52.7. The Labute approximate surface area is 654 Å². The molecular formula is C89H146O17P2. The van der Waals surface area contributed by atoms with E-state index in [0.29, 0.717) is 25.7 Å². The Hall–Kier alpha value is -5.58. The smallest absolute Gasteiger partial charge is 0.462 e. The zero-order valence-corrected chi connectivity index (χ0v) is 69.0. The number of hydrogen-bond donors (Lipinski definition) is 3. The van der Waals surface area contributed by atoms with E-state index in [1.54, 1.807) is 0 Å². The highest BCUT2D eigenvalue weighted by Crippen LogP contribution is 2.45. The number of allylic oxidation sites excluding steroid dienone is 28. The predicted molar refractivity (Wildman–Crippen MR) is 445 cm³/mol. The summed E-state index contributed by atoms with van der Waals surface area (Å²) in [5, 5.41) is 10.7. The Balaban J connectivity index is 5.44. The summed E-state index contributed by atoms with van der Waals surface area (Å²) in [5.74, 6) is -2.25. The third-order valence-corrected chi connectivity index (χ3v) is 18.6. The zero-order chi connectivity index (χ0) is 78.9. The molecule has 0 aliphatic carbocycles. The van der Waals surface area contributed by atoms with E-state index < -0.39 is 97.5 Å². The second-order valence-electron chi connectivity index (χ2n) is 26.9. The van der Waals surface area contributed by atoms with E-state index in [9.17, 15) is 43.2 Å². The summed E-state index contributed by atoms with van der Waals surface area (Å²) in [6, 6.07) is 0. The van der Waals surface area contributed by atoms with E-state index in [2.05, 4.69) is 198 Å². The first kappa shape index (κ1) is 102. The molecule has 0 bridgehead atoms. The van der Waals surface area contributed by atoms with Gasteiger partial charge in [-0.3, -0.25) is 37.3 Å². The van der Waals surface area contributed by atoms with Crippen molar-refractivity contribution in [2.24, 2.45) is 0 Å². The second kappa shape index (κ2) is 79.5. The van der Waals surface area contributed by atoms with E-state index in [-0.39, 0.29) is 25.7 Å². The van der Waals surface area contributed by atoms with Gasteiger partial charge in [0.2, 0.25) is 0 Å². The van der Waals surface area contributed by atoms with Crippen molar-refractivity contribution in [3.05, 3.63) is 170 Å². The van der Waals surface area contributed by atoms with Crippen LogP contribution in [-0.4, -0.2) is 96.7 Å². The minimum atomic E-state index is -5.00. The molecule has 0 radical (unpaired) electrons. The average molecular weight is 1550 g/mol. The van der Waals surface area contributed by atoms with Gasteiger partial charge in [-0.25, -0.2) is 9.13 Å². The fourth-order valence-corrected chi connectivity index (χ4v) is 12.1. The molecule has 19 heteroatoms. The molecule has 0 fully saturated rings. The molecule has 0 aromatic heterocycles. The molecule has 108 heavy (non-hydrogen) atoms. The first-order valence-electron chi connectivity index (χ1n) is 41.4. The van der Waals surface area contributed by atoms with E-state index >= 15 is 0 Å². The summed E-state index contributed by atoms with van der Waals surface area (Å²) in [6.45, 7) is 4.36. The van der Waals surface area contributed by atoms with Gasteiger partial charge in [-0.1, -0.05) is 288 Å². The molecule has 3 N–H and O–H groups in total. The number of phosphoric ester groups is 2. The molecule has 614 valence electrons. The van der Waals surface area contributed by atoms with E-state index in [0.717, 1.165) is 231 Å². The highest BCUT2D eigenvalue weighted by atomic mass is 31.2. The third kappa shape index (κ3) is 78.5. The topological polar surface area (TPSA) is 237 Å². The van der Waals surface area contributed by atoms with Gasteiger partial charge in [-0.05, 0) is 167 Å². The number of carbonyl (C=O) groups is 4. The van der Waals surface area contributed by atoms with Crippen molar-refractivity contribution < 1.29 is 80.2 Å². The Morgan fingerprint density at radius 2 is 0.454 bits per heavy atom. The quantitative estimate of drug-likeness (QED) is 0.0169. The molecule has 0 aromatic carbocycles. The number of esters is 4. The molecule has 0 saturated heterocycles. The van der Waals surface area contributed by atoms with Crippen LogP contribution in [0.2, 0.25) is 0 Å². The first-order valence-corrected chi connectivity index (χ1v) is 44.4. The number of aliphatic hydroxyl groups excluding tert-OH is 1. The van der Waals surface area contributed by atoms with Crippen LogP contribution in [-0.2, 0) is 65.4 Å². The SMILES string of the molecule is CC/C=C\C/C=C\C/C=C\C/C=C\CCCCCCCCC(=O)OCC(COP(=O)(O)OCC(O)COP(=O)(O)OCC(COC(=O)CCCCCC/C=C\C/C=C\C/C=C\C/C=C\CC)OC(=O)CCCCCCCCC/C=C\C/C=C\C/C=C\CC)OC(=O)CCCCCCC/C=C\C/C=C\C/C=C\CC. The second-order valence-corrected chi connectivity index (χ2v) is 29.8. The molecule has 0 aromatic rings. The normalized spacial score (nSPS) is 14.7. The molecule has 0 aliphatic heterocycles. The lowest BCUT2D eigenvalue weighted by Gasteiger charge is -2.21. The van der Waals surface area contributed by atoms with Gasteiger partial charge >= 0.3 is 39.5 Å². The number of hydrogen-bond acceptors (Lipinski definition) is 15. The van der Waals surface area contributed by atoms with Crippen molar-refractivity contribution in [3.63, 3.8) is 0 Å². The standard InChI is InChI=1S/C89H146O17P2/c1-5-9-13-17-21-25-29-33-37-40-41-44-47-50-54-58-62-66-70-74-87(92)100-79-84(105-88(93)75-71-67-63-59-55-51-45-36-32-28-24-20-16-12-8-4)81-103-107(95,96)101-77-83(90)78-102-108(97,98)104-82-85(106-89(94)76-72-68-64-60-56-52-48-43-39-35-31-27-23-19-15-11-7-3)80-99-86(91)73-69-65-61-57-53-49-46-42-38-34-30-26-22-18-14-10-6-2/h9-16,21-28,33-39,41,44-46,49,83-85,90H,5-8,17-20,29-32,40,42-43,47-48,50-82H2,1-4H3,(H,95,96)(H,97,98)/b13-9-,14-10-,15-11-,16-12-,25-21-,26-22-,27-23-,28-24-,37-33-,38-34-,39-35-,44-41-,45-36-,49-46-. The van der Waals surface area contributed by atoms with Crippen molar-refractivity contribution >= 4 is 39.5 Å². The van der Waals surface area contributed by atoms with Gasteiger partial charge in [0, 0.05) is 25.7 Å². The summed E-state index contributed by atoms with van der Waals surface area (Å²) in [5.41, 5.74) is 0. The van der Waals surface area contributed by atoms with Crippen LogP contribution in [0, 0.1) is 0 Å². The largest absolute Gasteiger partial charge is 0.472 e. The molecule has 5 unspecified atom stereocenters. The van der Waals surface area contributed by atoms with Crippen LogP contribution in [0.5, 0.6) is 0 Å². The molecule has 0 spiro atoms. The van der Waals surface area contributed by atoms with Crippen molar-refractivity contribution in [3.8, 4) is 0 Å². The molecule has 0 amide bonds. The van der Waals surface area contributed by atoms with Crippen molar-refractivity contribution in [2.75, 3.05) is 39.6 Å². The maximum absolute atomic E-state index is 13.1. The van der Waals surface area contributed by atoms with Crippen LogP contribution in [0.3, 0.4) is 0 Å². The number of aliphatic hydroxyl groups is 1. The van der Waals surface area contributed by atoms with Crippen molar-refractivity contribution in [1.29, 1.82) is 0 Å². The Kier molecular flexibility index (Phi) is 75.4. The number of ether oxygens (including phenoxy) is 4. The summed E-state index contributed by atoms with van der Waals surface area (Å²) in [7, 11) is -10.00. The summed E-state index contributed by atoms with van der Waals surface area (Å²) < 4.78 is 68.7. The number of carbonyl (C=O) groups excluding carboxylic acids is 4. The van der Waals surface area contributed by atoms with Gasteiger partial charge in [-0.2, -0.15) is 0 Å². The van der Waals surface area contributed by atoms with Crippen LogP contribution in [0.15, 0.2) is 170 Å². The maximum Gasteiger partial charge on any atom is 0.472 e. The zero-order valence-electron chi connectivity index (χ0n) is 67.2. The maximum atomic E-state index is 13.1. The minimum absolute atomic E-state index is 0.0660. The molecule has 0 rings (SSSR count). The van der Waals surface area contributed by atoms with Crippen molar-refractivity contribution in [2.45, 2.75) is 329 Å². The van der Waals surface area contributed by atoms with Gasteiger partial charge < -0.3 is 33.8 Å². The fraction of sp³-hybridized carbons (Fsp3) is 0.640. The van der Waals surface area contributed by atoms with Crippen LogP contribution in [0.4, 0.5) is 0 Å². The van der Waals surface area contributed by atoms with Gasteiger partial charge in [0.25, 0.3) is 0 Å². The summed E-state index contributed by atoms with van der Waals surface area (Å²) in [4.78, 5) is 73.2. The fourth-order valence-electron chi connectivity index (χ4n) is 10.5. The highest BCUT2D eigenvalue weighted by molar-refractivity contribution is 7.47. The molecule has 17 nitrogen and oxygen atoms in total. The molecular weight excluding hydrogens is 1400 g/mol. The third-order valence-electron chi connectivity index (χ3n) is 16.7. The average Bonchev–Trinajstić information content (AvgIpc) is 0.901. The Morgan fingerprint density at radius 3 is 0.694 bits per heavy atom. The Bertz CT molecular complexity index is 2710. The van der Waals surface area contributed by atoms with E-state index in [1.165, 1.54) is 0 Å². The molecule has 5 atom stereocenters. The van der Waals surface area contributed by atoms with Crippen LogP contribution in [0.25, 0.3) is 0 Å². The van der Waals surface area contributed by atoms with Gasteiger partial charge in [-0.15, -0.1) is 0 Å². The van der Waals surface area contributed by atoms with E-state index in [4.69, 9.17) is 37.0 Å². The summed E-state index contributed by atoms with van der Waals surface area (Å²) >= 11 is 0. The minimum Gasteiger partial charge on any atom is -0.462 e. The monoisotopic (exact) mass is 1550 g/mol. The predicted octanol–water partition coefficient (Wildman–Crippen LogP) is 24.6. The van der Waals surface area contributed by atoms with Gasteiger partial charge in [0.15, 0.2) is 12.2 Å². The van der Waals surface area contributed by atoms with Gasteiger partial charge in [0.05, 0.1) is 26.4 Å². The molecule has 0 heterocycles. The van der Waals surface area contributed by atoms with E-state index in [1.807, 2.05) is 0 Å². The van der Waals surface area contributed by atoms with Crippen LogP contribution >= 0.6 is 15.6 Å². The van der Waals surface area contributed by atoms with Crippen LogP contribution in [0.1, 0.15) is 310 Å². The summed E-state index contributed by atoms with van der Waals surface area (Å²) in [6.07, 6.45) is 94.6. The number of unbranched alkanes of at least 4 members (excludes halogenated alkanes) is 22. The molecule has 0 saturated carbocycles. The Morgan fingerprint density at radius 1 is 0.259 bits per heavy atom. The lowest BCUT2D eigenvalue weighted by atomic mass is 10.1. The number of rotatable bonds is 76. The lowest BCUT2D eigenvalue weighted by molar-refractivity contribution is -0.161. The lowest BCUT2D eigenvalue weighted by Crippen LogP contribution is -2.30. The highest BCUT2D eigenvalue weighted by Gasteiger charge is 2.30. The van der Waals surface area contributed by atoms with Crippen LogP contribution < -0.4 is 0 Å². The molecule has 0 aliphatic rings. The number of phosphoric acid groups is 2.